The maximum atomic E-state index is 11.6. The molecule has 0 aliphatic heterocycles. The number of hydrogen-bond donors (Lipinski definition) is 3. The van der Waals surface area contributed by atoms with Gasteiger partial charge in [0.05, 0.1) is 24.9 Å². The summed E-state index contributed by atoms with van der Waals surface area (Å²) < 4.78 is 7.12. The summed E-state index contributed by atoms with van der Waals surface area (Å²) in [5.41, 5.74) is -0.0483. The first-order chi connectivity index (χ1) is 15.1. The van der Waals surface area contributed by atoms with Crippen LogP contribution in [-0.2, 0) is 9.53 Å². The first-order valence-electron chi connectivity index (χ1n) is 12.9. The Morgan fingerprint density at radius 2 is 1.88 bits per heavy atom. The lowest BCUT2D eigenvalue weighted by molar-refractivity contribution is -0.208. The highest BCUT2D eigenvalue weighted by atomic mass is 127. The summed E-state index contributed by atoms with van der Waals surface area (Å²) in [7, 11) is 0. The highest BCUT2D eigenvalue weighted by molar-refractivity contribution is 14.1. The Morgan fingerprint density at radius 3 is 2.56 bits per heavy atom. The Kier molecular flexibility index (Phi) is 7.57. The molecule has 5 nitrogen and oxygen atoms in total. The van der Waals surface area contributed by atoms with Crippen LogP contribution in [-0.4, -0.2) is 50.6 Å². The van der Waals surface area contributed by atoms with Gasteiger partial charge in [-0.15, -0.1) is 0 Å². The van der Waals surface area contributed by atoms with E-state index in [2.05, 4.69) is 43.4 Å². The molecule has 0 heterocycles. The van der Waals surface area contributed by atoms with E-state index in [9.17, 15) is 15.0 Å². The predicted octanol–water partition coefficient (Wildman–Crippen LogP) is 4.91. The molecule has 6 heteroatoms. The third-order valence-electron chi connectivity index (χ3n) is 10.7. The monoisotopic (exact) mass is 562 g/mol. The molecule has 0 saturated heterocycles. The molecule has 184 valence electrons. The van der Waals surface area contributed by atoms with E-state index in [0.717, 1.165) is 56.0 Å². The first-order valence-corrected chi connectivity index (χ1v) is 14.4. The number of hydrogen-bond acceptors (Lipinski definition) is 4. The molecule has 4 fully saturated rings. The molecule has 4 aliphatic rings. The van der Waals surface area contributed by atoms with E-state index in [4.69, 9.17) is 9.84 Å². The summed E-state index contributed by atoms with van der Waals surface area (Å²) >= 11 is 2.36. The van der Waals surface area contributed by atoms with E-state index in [1.807, 2.05) is 0 Å². The van der Waals surface area contributed by atoms with Crippen LogP contribution in [0.2, 0.25) is 0 Å². The SMILES string of the molecule is C[C@H](CCC(=O)O)[C@H]1CC[C@H]2[C@@H]3[C@H](O)C[C@@H]4C[C@@H](OCCI)CC[C@]4(C)[C@H]3C[C@H](O)[C@]12C. The molecule has 3 N–H and O–H groups in total. The number of aliphatic carboxylic acids is 1. The second-order valence-electron chi connectivity index (χ2n) is 12.0. The quantitative estimate of drug-likeness (QED) is 0.303. The third-order valence-corrected chi connectivity index (χ3v) is 11.2. The molecule has 32 heavy (non-hydrogen) atoms. The molecular formula is C26H43IO5. The lowest BCUT2D eigenvalue weighted by atomic mass is 9.43. The minimum atomic E-state index is -0.736. The molecule has 0 amide bonds. The molecule has 0 spiro atoms. The van der Waals surface area contributed by atoms with Crippen LogP contribution in [0.15, 0.2) is 0 Å². The van der Waals surface area contributed by atoms with Gasteiger partial charge >= 0.3 is 5.97 Å². The molecule has 0 aromatic rings. The summed E-state index contributed by atoms with van der Waals surface area (Å²) in [5, 5.41) is 32.2. The molecule has 0 aromatic heterocycles. The normalized spacial score (nSPS) is 49.1. The van der Waals surface area contributed by atoms with Gasteiger partial charge in [0.15, 0.2) is 0 Å². The van der Waals surface area contributed by atoms with Crippen molar-refractivity contribution >= 4 is 28.6 Å². The number of aliphatic hydroxyl groups excluding tert-OH is 2. The summed E-state index contributed by atoms with van der Waals surface area (Å²) in [6.07, 6.45) is 7.52. The number of alkyl halides is 1. The van der Waals surface area contributed by atoms with Gasteiger partial charge in [0.1, 0.15) is 0 Å². The molecule has 0 unspecified atom stereocenters. The molecule has 0 radical (unpaired) electrons. The van der Waals surface area contributed by atoms with Crippen molar-refractivity contribution in [2.45, 2.75) is 96.9 Å². The highest BCUT2D eigenvalue weighted by Crippen LogP contribution is 2.68. The zero-order valence-electron chi connectivity index (χ0n) is 20.0. The maximum absolute atomic E-state index is 11.6. The van der Waals surface area contributed by atoms with Gasteiger partial charge in [-0.05, 0) is 97.7 Å². The Labute approximate surface area is 207 Å². The van der Waals surface area contributed by atoms with Gasteiger partial charge in [-0.25, -0.2) is 0 Å². The molecule has 11 atom stereocenters. The van der Waals surface area contributed by atoms with Crippen molar-refractivity contribution in [3.8, 4) is 0 Å². The summed E-state index contributed by atoms with van der Waals surface area (Å²) in [6, 6.07) is 0. The molecule has 4 saturated carbocycles. The molecule has 4 aliphatic carbocycles. The van der Waals surface area contributed by atoms with Crippen molar-refractivity contribution in [2.75, 3.05) is 11.0 Å². The molecule has 4 rings (SSSR count). The van der Waals surface area contributed by atoms with Crippen LogP contribution in [0, 0.1) is 46.3 Å². The minimum Gasteiger partial charge on any atom is -0.481 e. The van der Waals surface area contributed by atoms with E-state index < -0.39 is 5.97 Å². The molecule has 0 bridgehead atoms. The number of carboxylic acid groups (broad SMARTS) is 1. The highest BCUT2D eigenvalue weighted by Gasteiger charge is 2.65. The second-order valence-corrected chi connectivity index (χ2v) is 13.0. The van der Waals surface area contributed by atoms with Crippen molar-refractivity contribution in [1.29, 1.82) is 0 Å². The van der Waals surface area contributed by atoms with Crippen LogP contribution in [0.5, 0.6) is 0 Å². The Hall–Kier alpha value is 0.0800. The Morgan fingerprint density at radius 1 is 1.12 bits per heavy atom. The van der Waals surface area contributed by atoms with Gasteiger partial charge in [-0.2, -0.15) is 0 Å². The third kappa shape index (κ3) is 4.17. The van der Waals surface area contributed by atoms with Gasteiger partial charge in [0.2, 0.25) is 0 Å². The number of aliphatic hydroxyl groups is 2. The lowest BCUT2D eigenvalue weighted by Crippen LogP contribution is -2.62. The fourth-order valence-corrected chi connectivity index (χ4v) is 9.28. The van der Waals surface area contributed by atoms with Gasteiger partial charge in [-0.3, -0.25) is 4.79 Å². The minimum absolute atomic E-state index is 0.170. The fourth-order valence-electron chi connectivity index (χ4n) is 9.03. The maximum Gasteiger partial charge on any atom is 0.303 e. The van der Waals surface area contributed by atoms with E-state index in [1.165, 1.54) is 0 Å². The number of carboxylic acids is 1. The number of rotatable bonds is 7. The van der Waals surface area contributed by atoms with Crippen LogP contribution < -0.4 is 0 Å². The summed E-state index contributed by atoms with van der Waals surface area (Å²) in [5.74, 6) is 1.29. The van der Waals surface area contributed by atoms with Crippen molar-refractivity contribution in [3.63, 3.8) is 0 Å². The number of ether oxygens (including phenoxy) is 1. The van der Waals surface area contributed by atoms with Gasteiger partial charge in [-0.1, -0.05) is 43.4 Å². The van der Waals surface area contributed by atoms with Crippen molar-refractivity contribution in [1.82, 2.24) is 0 Å². The van der Waals surface area contributed by atoms with Crippen LogP contribution in [0.3, 0.4) is 0 Å². The summed E-state index contributed by atoms with van der Waals surface area (Å²) in [6.45, 7) is 7.67. The predicted molar refractivity (Wildman–Crippen MR) is 133 cm³/mol. The number of carbonyl (C=O) groups is 1. The largest absolute Gasteiger partial charge is 0.481 e. The van der Waals surface area contributed by atoms with E-state index in [-0.39, 0.29) is 41.3 Å². The van der Waals surface area contributed by atoms with Gasteiger partial charge in [0, 0.05) is 10.8 Å². The fraction of sp³-hybridized carbons (Fsp3) is 0.962. The zero-order chi connectivity index (χ0) is 23.3. The van der Waals surface area contributed by atoms with Crippen molar-refractivity contribution < 1.29 is 24.9 Å². The summed E-state index contributed by atoms with van der Waals surface area (Å²) in [4.78, 5) is 11.1. The first kappa shape index (κ1) is 25.2. The smallest absolute Gasteiger partial charge is 0.303 e. The van der Waals surface area contributed by atoms with Crippen LogP contribution in [0.25, 0.3) is 0 Å². The zero-order valence-corrected chi connectivity index (χ0v) is 22.2. The molecule has 0 aromatic carbocycles. The Balaban J connectivity index is 1.54. The van der Waals surface area contributed by atoms with Gasteiger partial charge < -0.3 is 20.1 Å². The lowest BCUT2D eigenvalue weighted by Gasteiger charge is -2.63. The number of halogens is 1. The average molecular weight is 563 g/mol. The van der Waals surface area contributed by atoms with Crippen LogP contribution in [0.4, 0.5) is 0 Å². The molecular weight excluding hydrogens is 519 g/mol. The second kappa shape index (κ2) is 9.62. The number of fused-ring (bicyclic) bond motifs is 5. The van der Waals surface area contributed by atoms with Crippen LogP contribution in [0.1, 0.15) is 78.6 Å². The van der Waals surface area contributed by atoms with E-state index >= 15 is 0 Å². The topological polar surface area (TPSA) is 87.0 Å². The van der Waals surface area contributed by atoms with Crippen molar-refractivity contribution in [3.05, 3.63) is 0 Å². The Bertz CT molecular complexity index is 687. The van der Waals surface area contributed by atoms with Crippen molar-refractivity contribution in [2.24, 2.45) is 46.3 Å². The van der Waals surface area contributed by atoms with E-state index in [1.54, 1.807) is 0 Å². The van der Waals surface area contributed by atoms with E-state index in [0.29, 0.717) is 36.2 Å². The standard InChI is InChI=1S/C26H43IO5/c1-15(4-7-23(30)31)18-5-6-19-24-20(14-22(29)26(18,19)3)25(2)9-8-17(32-11-10-27)12-16(25)13-21(24)28/h15-22,24,28-29H,4-14H2,1-3H3,(H,30,31)/t15-,16+,17+,18-,19+,20+,21-,22+,24+,25+,26-/m1/s1. The van der Waals surface area contributed by atoms with Gasteiger partial charge in [0.25, 0.3) is 0 Å². The average Bonchev–Trinajstić information content (AvgIpc) is 3.10. The van der Waals surface area contributed by atoms with Crippen LogP contribution >= 0.6 is 22.6 Å².